The Bertz CT molecular complexity index is 1130. The van der Waals surface area contributed by atoms with E-state index in [-0.39, 0.29) is 11.8 Å². The molecular weight excluding hydrogens is 364 g/mol. The SMILES string of the molecule is COc1ccccc1-c1nc2n(n1)C(c1ccc(C)cc1)C1=C(CCCC1=O)N2. The third-order valence-corrected chi connectivity index (χ3v) is 5.61. The first kappa shape index (κ1) is 17.7. The van der Waals surface area contributed by atoms with E-state index in [9.17, 15) is 4.79 Å². The second kappa shape index (κ2) is 6.88. The van der Waals surface area contributed by atoms with Crippen LogP contribution in [0.3, 0.4) is 0 Å². The number of anilines is 1. The van der Waals surface area contributed by atoms with Crippen molar-refractivity contribution < 1.29 is 9.53 Å². The number of benzene rings is 2. The molecule has 6 heteroatoms. The number of nitrogens with zero attached hydrogens (tertiary/aromatic N) is 3. The molecule has 2 aromatic carbocycles. The van der Waals surface area contributed by atoms with Crippen LogP contribution < -0.4 is 10.1 Å². The maximum atomic E-state index is 12.9. The monoisotopic (exact) mass is 386 g/mol. The van der Waals surface area contributed by atoms with E-state index >= 15 is 0 Å². The fourth-order valence-corrected chi connectivity index (χ4v) is 4.16. The first-order valence-electron chi connectivity index (χ1n) is 9.85. The normalized spacial score (nSPS) is 18.1. The molecule has 2 aliphatic rings. The Balaban J connectivity index is 1.68. The molecule has 1 aliphatic heterocycles. The minimum absolute atomic E-state index is 0.185. The van der Waals surface area contributed by atoms with Crippen LogP contribution >= 0.6 is 0 Å². The molecule has 3 aromatic rings. The summed E-state index contributed by atoms with van der Waals surface area (Å²) in [5.41, 5.74) is 4.82. The van der Waals surface area contributed by atoms with Gasteiger partial charge in [-0.1, -0.05) is 42.0 Å². The number of aromatic nitrogens is 3. The smallest absolute Gasteiger partial charge is 0.226 e. The summed E-state index contributed by atoms with van der Waals surface area (Å²) < 4.78 is 7.34. The average Bonchev–Trinajstić information content (AvgIpc) is 3.16. The van der Waals surface area contributed by atoms with Crippen molar-refractivity contribution in [2.75, 3.05) is 12.4 Å². The molecule has 0 amide bonds. The van der Waals surface area contributed by atoms with Gasteiger partial charge >= 0.3 is 0 Å². The van der Waals surface area contributed by atoms with Crippen molar-refractivity contribution in [2.24, 2.45) is 0 Å². The fraction of sp³-hybridized carbons (Fsp3) is 0.261. The number of rotatable bonds is 3. The van der Waals surface area contributed by atoms with Gasteiger partial charge in [0, 0.05) is 17.7 Å². The molecule has 29 heavy (non-hydrogen) atoms. The van der Waals surface area contributed by atoms with Crippen LogP contribution in [0.5, 0.6) is 5.75 Å². The standard InChI is InChI=1S/C23H22N4O2/c1-14-10-12-15(13-11-14)21-20-17(7-5-8-18(20)28)24-23-25-22(26-27(21)23)16-6-3-4-9-19(16)29-2/h3-4,6,9-13,21H,5,7-8H2,1-2H3,(H,24,25,26). The Hall–Kier alpha value is -3.41. The van der Waals surface area contributed by atoms with Crippen LogP contribution in [0.4, 0.5) is 5.95 Å². The first-order chi connectivity index (χ1) is 14.2. The van der Waals surface area contributed by atoms with Crippen LogP contribution in [-0.4, -0.2) is 27.7 Å². The number of ketones is 1. The highest BCUT2D eigenvalue weighted by molar-refractivity contribution is 5.99. The van der Waals surface area contributed by atoms with Crippen molar-refractivity contribution in [1.29, 1.82) is 0 Å². The van der Waals surface area contributed by atoms with Gasteiger partial charge in [0.15, 0.2) is 11.6 Å². The molecule has 0 fully saturated rings. The van der Waals surface area contributed by atoms with E-state index in [1.54, 1.807) is 7.11 Å². The molecule has 0 saturated carbocycles. The van der Waals surface area contributed by atoms with Crippen molar-refractivity contribution in [1.82, 2.24) is 14.8 Å². The Morgan fingerprint density at radius 2 is 1.90 bits per heavy atom. The molecule has 1 unspecified atom stereocenters. The highest BCUT2D eigenvalue weighted by Gasteiger charge is 2.37. The van der Waals surface area contributed by atoms with Gasteiger partial charge in [-0.05, 0) is 37.5 Å². The fourth-order valence-electron chi connectivity index (χ4n) is 4.16. The third-order valence-electron chi connectivity index (χ3n) is 5.61. The van der Waals surface area contributed by atoms with Crippen molar-refractivity contribution in [3.63, 3.8) is 0 Å². The van der Waals surface area contributed by atoms with Crippen LogP contribution in [0, 0.1) is 6.92 Å². The second-order valence-electron chi connectivity index (χ2n) is 7.51. The van der Waals surface area contributed by atoms with Crippen molar-refractivity contribution in [3.8, 4) is 17.1 Å². The number of hydrogen-bond donors (Lipinski definition) is 1. The quantitative estimate of drug-likeness (QED) is 0.727. The van der Waals surface area contributed by atoms with Crippen LogP contribution in [0.15, 0.2) is 59.8 Å². The molecular formula is C23H22N4O2. The summed E-state index contributed by atoms with van der Waals surface area (Å²) in [4.78, 5) is 17.6. The van der Waals surface area contributed by atoms with E-state index in [0.29, 0.717) is 18.2 Å². The molecule has 5 rings (SSSR count). The lowest BCUT2D eigenvalue weighted by Crippen LogP contribution is -2.31. The average molecular weight is 386 g/mol. The number of allylic oxidation sites excluding steroid dienone is 2. The summed E-state index contributed by atoms with van der Waals surface area (Å²) >= 11 is 0. The van der Waals surface area contributed by atoms with Crippen LogP contribution in [0.2, 0.25) is 0 Å². The molecule has 1 N–H and O–H groups in total. The van der Waals surface area contributed by atoms with Gasteiger partial charge in [0.25, 0.3) is 0 Å². The predicted molar refractivity (Wildman–Crippen MR) is 111 cm³/mol. The van der Waals surface area contributed by atoms with E-state index in [4.69, 9.17) is 14.8 Å². The molecule has 2 heterocycles. The highest BCUT2D eigenvalue weighted by atomic mass is 16.5. The molecule has 0 radical (unpaired) electrons. The zero-order chi connectivity index (χ0) is 20.0. The van der Waals surface area contributed by atoms with Gasteiger partial charge in [-0.2, -0.15) is 4.98 Å². The lowest BCUT2D eigenvalue weighted by atomic mass is 9.85. The second-order valence-corrected chi connectivity index (χ2v) is 7.51. The summed E-state index contributed by atoms with van der Waals surface area (Å²) in [7, 11) is 1.64. The van der Waals surface area contributed by atoms with Gasteiger partial charge in [0.2, 0.25) is 5.95 Å². The van der Waals surface area contributed by atoms with Crippen LogP contribution in [0.1, 0.15) is 36.4 Å². The van der Waals surface area contributed by atoms with Crippen molar-refractivity contribution >= 4 is 11.7 Å². The van der Waals surface area contributed by atoms with E-state index in [0.717, 1.165) is 41.0 Å². The molecule has 6 nitrogen and oxygen atoms in total. The van der Waals surface area contributed by atoms with Gasteiger partial charge < -0.3 is 10.1 Å². The summed E-state index contributed by atoms with van der Waals surface area (Å²) in [5.74, 6) is 2.14. The predicted octanol–water partition coefficient (Wildman–Crippen LogP) is 4.28. The Morgan fingerprint density at radius 3 is 2.69 bits per heavy atom. The Labute approximate surface area is 169 Å². The maximum absolute atomic E-state index is 12.9. The van der Waals surface area contributed by atoms with Crippen molar-refractivity contribution in [3.05, 3.63) is 70.9 Å². The summed E-state index contributed by atoms with van der Waals surface area (Å²) in [6.07, 6.45) is 2.28. The summed E-state index contributed by atoms with van der Waals surface area (Å²) in [5, 5.41) is 8.19. The number of Topliss-reactive ketones (excluding diaryl/α,β-unsaturated/α-hetero) is 1. The number of fused-ring (bicyclic) bond motifs is 1. The summed E-state index contributed by atoms with van der Waals surface area (Å²) in [6, 6.07) is 15.7. The molecule has 1 aliphatic carbocycles. The van der Waals surface area contributed by atoms with E-state index in [1.807, 2.05) is 28.9 Å². The molecule has 0 saturated heterocycles. The maximum Gasteiger partial charge on any atom is 0.226 e. The largest absolute Gasteiger partial charge is 0.496 e. The topological polar surface area (TPSA) is 69.0 Å². The van der Waals surface area contributed by atoms with E-state index in [2.05, 4.69) is 36.5 Å². The number of para-hydroxylation sites is 1. The highest BCUT2D eigenvalue weighted by Crippen LogP contribution is 2.41. The van der Waals surface area contributed by atoms with Crippen LogP contribution in [0.25, 0.3) is 11.4 Å². The molecule has 146 valence electrons. The molecule has 0 spiro atoms. The molecule has 1 atom stereocenters. The lowest BCUT2D eigenvalue weighted by Gasteiger charge is -2.32. The number of aryl methyl sites for hydroxylation is 1. The number of ether oxygens (including phenoxy) is 1. The van der Waals surface area contributed by atoms with Gasteiger partial charge in [0.1, 0.15) is 11.8 Å². The van der Waals surface area contributed by atoms with Gasteiger partial charge in [-0.3, -0.25) is 4.79 Å². The number of hydrogen-bond acceptors (Lipinski definition) is 5. The number of carbonyl (C=O) groups is 1. The lowest BCUT2D eigenvalue weighted by molar-refractivity contribution is -0.116. The molecule has 0 bridgehead atoms. The first-order valence-corrected chi connectivity index (χ1v) is 9.85. The number of carbonyl (C=O) groups excluding carboxylic acids is 1. The minimum Gasteiger partial charge on any atom is -0.496 e. The van der Waals surface area contributed by atoms with Gasteiger partial charge in [-0.15, -0.1) is 5.10 Å². The zero-order valence-electron chi connectivity index (χ0n) is 16.5. The van der Waals surface area contributed by atoms with Gasteiger partial charge in [-0.25, -0.2) is 4.68 Å². The third kappa shape index (κ3) is 2.92. The van der Waals surface area contributed by atoms with Crippen LogP contribution in [-0.2, 0) is 4.79 Å². The van der Waals surface area contributed by atoms with Gasteiger partial charge in [0.05, 0.1) is 12.7 Å². The minimum atomic E-state index is -0.273. The number of nitrogens with one attached hydrogen (secondary N) is 1. The zero-order valence-corrected chi connectivity index (χ0v) is 16.5. The molecule has 1 aromatic heterocycles. The Kier molecular flexibility index (Phi) is 4.19. The Morgan fingerprint density at radius 1 is 1.10 bits per heavy atom. The van der Waals surface area contributed by atoms with E-state index < -0.39 is 0 Å². The van der Waals surface area contributed by atoms with E-state index in [1.165, 1.54) is 5.56 Å². The van der Waals surface area contributed by atoms with Crippen molar-refractivity contribution in [2.45, 2.75) is 32.2 Å². The number of methoxy groups -OCH3 is 1. The summed E-state index contributed by atoms with van der Waals surface area (Å²) in [6.45, 7) is 2.06.